The van der Waals surface area contributed by atoms with Crippen molar-refractivity contribution < 1.29 is 15.0 Å². The Morgan fingerprint density at radius 3 is 2.32 bits per heavy atom. The molecule has 0 aliphatic rings. The number of carbonyl (C=O) groups excluding carboxylic acids is 1. The van der Waals surface area contributed by atoms with Crippen molar-refractivity contribution in [2.24, 2.45) is 0 Å². The second-order valence-electron chi connectivity index (χ2n) is 5.70. The van der Waals surface area contributed by atoms with Gasteiger partial charge in [0.05, 0.1) is 10.4 Å². The number of carbonyl (C=O) groups is 1. The van der Waals surface area contributed by atoms with Gasteiger partial charge in [0, 0.05) is 15.6 Å². The van der Waals surface area contributed by atoms with Gasteiger partial charge in [-0.1, -0.05) is 42.5 Å². The average Bonchev–Trinajstić information content (AvgIpc) is 3.00. The lowest BCUT2D eigenvalue weighted by Gasteiger charge is -2.06. The Labute approximate surface area is 148 Å². The standard InChI is InChI=1S/C21H14O3S/c22-14-10-11-16-18(12-14)25-21(19(16)13-6-2-1-3-7-13)20(24)15-8-4-5-9-17(15)23/h1-12,22-23H. The molecular weight excluding hydrogens is 332 g/mol. The molecule has 0 bridgehead atoms. The molecule has 4 rings (SSSR count). The van der Waals surface area contributed by atoms with Gasteiger partial charge in [-0.2, -0.15) is 0 Å². The van der Waals surface area contributed by atoms with Crippen molar-refractivity contribution in [3.05, 3.63) is 83.2 Å². The van der Waals surface area contributed by atoms with Gasteiger partial charge in [0.1, 0.15) is 11.5 Å². The van der Waals surface area contributed by atoms with Crippen LogP contribution in [0.5, 0.6) is 11.5 Å². The second-order valence-corrected chi connectivity index (χ2v) is 6.75. The van der Waals surface area contributed by atoms with Crippen molar-refractivity contribution in [1.29, 1.82) is 0 Å². The van der Waals surface area contributed by atoms with E-state index in [1.165, 1.54) is 17.4 Å². The van der Waals surface area contributed by atoms with Crippen LogP contribution < -0.4 is 0 Å². The van der Waals surface area contributed by atoms with Crippen LogP contribution in [0.25, 0.3) is 21.2 Å². The van der Waals surface area contributed by atoms with Crippen LogP contribution in [0.15, 0.2) is 72.8 Å². The van der Waals surface area contributed by atoms with Gasteiger partial charge in [0.15, 0.2) is 0 Å². The highest BCUT2D eigenvalue weighted by molar-refractivity contribution is 7.21. The summed E-state index contributed by atoms with van der Waals surface area (Å²) >= 11 is 1.32. The zero-order valence-electron chi connectivity index (χ0n) is 13.1. The van der Waals surface area contributed by atoms with Gasteiger partial charge in [0.25, 0.3) is 0 Å². The fourth-order valence-corrected chi connectivity index (χ4v) is 4.14. The first-order chi connectivity index (χ1) is 12.1. The molecule has 1 aromatic heterocycles. The van der Waals surface area contributed by atoms with Crippen LogP contribution in [0.3, 0.4) is 0 Å². The quantitative estimate of drug-likeness (QED) is 0.501. The van der Waals surface area contributed by atoms with Gasteiger partial charge in [0.2, 0.25) is 5.78 Å². The molecular formula is C21H14O3S. The summed E-state index contributed by atoms with van der Waals surface area (Å²) in [5.74, 6) is -0.0978. The lowest BCUT2D eigenvalue weighted by molar-refractivity contribution is 0.104. The highest BCUT2D eigenvalue weighted by Gasteiger charge is 2.22. The van der Waals surface area contributed by atoms with E-state index in [9.17, 15) is 15.0 Å². The lowest BCUT2D eigenvalue weighted by Crippen LogP contribution is -2.00. The number of fused-ring (bicyclic) bond motifs is 1. The number of hydrogen-bond acceptors (Lipinski definition) is 4. The van der Waals surface area contributed by atoms with Crippen LogP contribution in [-0.2, 0) is 0 Å². The van der Waals surface area contributed by atoms with Crippen LogP contribution in [0, 0.1) is 0 Å². The Hall–Kier alpha value is -3.11. The minimum atomic E-state index is -0.224. The minimum absolute atomic E-state index is 0.0354. The lowest BCUT2D eigenvalue weighted by atomic mass is 9.98. The monoisotopic (exact) mass is 346 g/mol. The summed E-state index contributed by atoms with van der Waals surface area (Å²) in [6.45, 7) is 0. The van der Waals surface area contributed by atoms with Crippen molar-refractivity contribution >= 4 is 27.2 Å². The highest BCUT2D eigenvalue weighted by Crippen LogP contribution is 2.41. The molecule has 0 amide bonds. The summed E-state index contributed by atoms with van der Waals surface area (Å²) in [5.41, 5.74) is 2.03. The van der Waals surface area contributed by atoms with E-state index in [4.69, 9.17) is 0 Å². The fourth-order valence-electron chi connectivity index (χ4n) is 2.92. The van der Waals surface area contributed by atoms with E-state index in [-0.39, 0.29) is 22.8 Å². The zero-order chi connectivity index (χ0) is 17.4. The van der Waals surface area contributed by atoms with Crippen molar-refractivity contribution in [2.45, 2.75) is 0 Å². The molecule has 0 saturated heterocycles. The molecule has 0 saturated carbocycles. The van der Waals surface area contributed by atoms with Gasteiger partial charge < -0.3 is 10.2 Å². The molecule has 0 atom stereocenters. The summed E-state index contributed by atoms with van der Waals surface area (Å²) in [4.78, 5) is 13.7. The maximum Gasteiger partial charge on any atom is 0.207 e. The fraction of sp³-hybridized carbons (Fsp3) is 0. The molecule has 0 fully saturated rings. The Balaban J connectivity index is 2.00. The van der Waals surface area contributed by atoms with Crippen molar-refractivity contribution in [3.8, 4) is 22.6 Å². The molecule has 3 nitrogen and oxygen atoms in total. The third kappa shape index (κ3) is 2.66. The van der Waals surface area contributed by atoms with E-state index < -0.39 is 0 Å². The van der Waals surface area contributed by atoms with Crippen LogP contribution in [0.1, 0.15) is 15.2 Å². The number of hydrogen-bond donors (Lipinski definition) is 2. The van der Waals surface area contributed by atoms with E-state index in [0.29, 0.717) is 4.88 Å². The zero-order valence-corrected chi connectivity index (χ0v) is 14.0. The van der Waals surface area contributed by atoms with Gasteiger partial charge >= 0.3 is 0 Å². The predicted octanol–water partition coefficient (Wildman–Crippen LogP) is 5.21. The molecule has 0 aliphatic heterocycles. The molecule has 3 aromatic carbocycles. The number of aromatic hydroxyl groups is 2. The minimum Gasteiger partial charge on any atom is -0.508 e. The van der Waals surface area contributed by atoms with Crippen LogP contribution in [0.2, 0.25) is 0 Å². The average molecular weight is 346 g/mol. The Morgan fingerprint density at radius 2 is 1.56 bits per heavy atom. The van der Waals surface area contributed by atoms with Crippen LogP contribution in [0.4, 0.5) is 0 Å². The van der Waals surface area contributed by atoms with Crippen LogP contribution in [-0.4, -0.2) is 16.0 Å². The maximum atomic E-state index is 13.1. The number of rotatable bonds is 3. The molecule has 4 heteroatoms. The smallest absolute Gasteiger partial charge is 0.207 e. The van der Waals surface area contributed by atoms with Crippen molar-refractivity contribution in [3.63, 3.8) is 0 Å². The van der Waals surface area contributed by atoms with E-state index >= 15 is 0 Å². The molecule has 122 valence electrons. The molecule has 1 heterocycles. The van der Waals surface area contributed by atoms with Gasteiger partial charge in [-0.15, -0.1) is 11.3 Å². The van der Waals surface area contributed by atoms with Gasteiger partial charge in [-0.25, -0.2) is 0 Å². The number of para-hydroxylation sites is 1. The van der Waals surface area contributed by atoms with E-state index in [2.05, 4.69) is 0 Å². The summed E-state index contributed by atoms with van der Waals surface area (Å²) in [7, 11) is 0. The predicted molar refractivity (Wildman–Crippen MR) is 100 cm³/mol. The summed E-state index contributed by atoms with van der Waals surface area (Å²) in [6.07, 6.45) is 0. The number of phenolic OH excluding ortho intramolecular Hbond substituents is 2. The van der Waals surface area contributed by atoms with E-state index in [0.717, 1.165) is 21.2 Å². The normalized spacial score (nSPS) is 10.9. The van der Waals surface area contributed by atoms with Gasteiger partial charge in [-0.05, 0) is 35.9 Å². The Bertz CT molecular complexity index is 1080. The molecule has 0 spiro atoms. The first-order valence-electron chi connectivity index (χ1n) is 7.79. The molecule has 2 N–H and O–H groups in total. The molecule has 4 aromatic rings. The van der Waals surface area contributed by atoms with Crippen molar-refractivity contribution in [2.75, 3.05) is 0 Å². The summed E-state index contributed by atoms with van der Waals surface area (Å²) in [5, 5.41) is 20.8. The highest BCUT2D eigenvalue weighted by atomic mass is 32.1. The SMILES string of the molecule is O=C(c1ccccc1O)c1sc2cc(O)ccc2c1-c1ccccc1. The first kappa shape index (κ1) is 15.4. The Kier molecular flexibility index (Phi) is 3.75. The molecule has 0 radical (unpaired) electrons. The Morgan fingerprint density at radius 1 is 0.840 bits per heavy atom. The first-order valence-corrected chi connectivity index (χ1v) is 8.60. The third-order valence-electron chi connectivity index (χ3n) is 4.09. The molecule has 0 aliphatic carbocycles. The topological polar surface area (TPSA) is 57.5 Å². The van der Waals surface area contributed by atoms with Crippen LogP contribution >= 0.6 is 11.3 Å². The van der Waals surface area contributed by atoms with Crippen molar-refractivity contribution in [1.82, 2.24) is 0 Å². The number of benzene rings is 3. The second kappa shape index (κ2) is 6.07. The summed E-state index contributed by atoms with van der Waals surface area (Å²) in [6, 6.07) is 21.3. The van der Waals surface area contributed by atoms with E-state index in [1.807, 2.05) is 36.4 Å². The summed E-state index contributed by atoms with van der Waals surface area (Å²) < 4.78 is 0.831. The largest absolute Gasteiger partial charge is 0.508 e. The number of phenols is 2. The number of ketones is 1. The van der Waals surface area contributed by atoms with Gasteiger partial charge in [-0.3, -0.25) is 4.79 Å². The molecule has 25 heavy (non-hydrogen) atoms. The number of thiophene rings is 1. The maximum absolute atomic E-state index is 13.1. The third-order valence-corrected chi connectivity index (χ3v) is 5.24. The van der Waals surface area contributed by atoms with E-state index in [1.54, 1.807) is 30.3 Å². The molecule has 0 unspecified atom stereocenters.